The number of aliphatic carboxylic acids is 1. The van der Waals surface area contributed by atoms with Crippen LogP contribution >= 0.6 is 23.2 Å². The van der Waals surface area contributed by atoms with Gasteiger partial charge in [-0.3, -0.25) is 9.59 Å². The number of aromatic nitrogens is 2. The Balaban J connectivity index is 1.48. The number of imidazole rings is 1. The third kappa shape index (κ3) is 7.58. The Morgan fingerprint density at radius 2 is 1.67 bits per heavy atom. The number of hydrogen-bond donors (Lipinski definition) is 3. The van der Waals surface area contributed by atoms with Gasteiger partial charge < -0.3 is 29.6 Å². The molecule has 39 heavy (non-hydrogen) atoms. The van der Waals surface area contributed by atoms with Gasteiger partial charge in [-0.25, -0.2) is 4.98 Å². The first kappa shape index (κ1) is 29.0. The van der Waals surface area contributed by atoms with E-state index < -0.39 is 12.3 Å². The molecule has 0 saturated carbocycles. The molecule has 1 saturated heterocycles. The average Bonchev–Trinajstić information content (AvgIpc) is 3.25. The fourth-order valence-corrected chi connectivity index (χ4v) is 4.79. The molecule has 2 heterocycles. The van der Waals surface area contributed by atoms with E-state index in [0.717, 1.165) is 22.3 Å². The van der Waals surface area contributed by atoms with Crippen molar-refractivity contribution in [3.8, 4) is 0 Å². The Bertz CT molecular complexity index is 1270. The van der Waals surface area contributed by atoms with E-state index in [1.807, 2.05) is 48.5 Å². The molecule has 0 aliphatic carbocycles. The lowest BCUT2D eigenvalue weighted by Crippen LogP contribution is -2.39. The summed E-state index contributed by atoms with van der Waals surface area (Å²) in [7, 11) is 0. The fraction of sp³-hybridized carbons (Fsp3) is 0.393. The maximum absolute atomic E-state index is 12.0. The zero-order chi connectivity index (χ0) is 27.9. The van der Waals surface area contributed by atoms with Gasteiger partial charge in [0.2, 0.25) is 5.91 Å². The van der Waals surface area contributed by atoms with E-state index in [-0.39, 0.29) is 48.6 Å². The molecule has 4 rings (SSSR count). The van der Waals surface area contributed by atoms with Gasteiger partial charge in [0.1, 0.15) is 5.15 Å². The number of hydrogen-bond acceptors (Lipinski definition) is 6. The summed E-state index contributed by atoms with van der Waals surface area (Å²) >= 11 is 12.4. The summed E-state index contributed by atoms with van der Waals surface area (Å²) in [5, 5.41) is 21.5. The van der Waals surface area contributed by atoms with E-state index in [4.69, 9.17) is 37.8 Å². The Labute approximate surface area is 236 Å². The normalized spacial score (nSPS) is 21.0. The van der Waals surface area contributed by atoms with E-state index >= 15 is 0 Å². The molecule has 9 nitrogen and oxygen atoms in total. The van der Waals surface area contributed by atoms with Crippen molar-refractivity contribution in [3.05, 3.63) is 87.4 Å². The number of rotatable bonds is 11. The first-order valence-corrected chi connectivity index (χ1v) is 13.4. The van der Waals surface area contributed by atoms with Crippen LogP contribution in [0.5, 0.6) is 0 Å². The summed E-state index contributed by atoms with van der Waals surface area (Å²) in [6, 6.07) is 15.2. The molecule has 1 amide bonds. The van der Waals surface area contributed by atoms with Gasteiger partial charge in [-0.15, -0.1) is 0 Å². The quantitative estimate of drug-likeness (QED) is 0.292. The van der Waals surface area contributed by atoms with Crippen LogP contribution in [0.4, 0.5) is 0 Å². The topological polar surface area (TPSA) is 123 Å². The predicted octanol–water partition coefficient (Wildman–Crippen LogP) is 5.04. The highest BCUT2D eigenvalue weighted by molar-refractivity contribution is 6.40. The average molecular weight is 576 g/mol. The van der Waals surface area contributed by atoms with E-state index in [9.17, 15) is 14.7 Å². The molecule has 1 aromatic heterocycles. The van der Waals surface area contributed by atoms with Crippen LogP contribution in [0.15, 0.2) is 54.9 Å². The number of halogens is 2. The molecule has 11 heteroatoms. The van der Waals surface area contributed by atoms with Crippen molar-refractivity contribution >= 4 is 35.1 Å². The zero-order valence-electron chi connectivity index (χ0n) is 21.4. The summed E-state index contributed by atoms with van der Waals surface area (Å²) in [6.45, 7) is 2.78. The number of aliphatic hydroxyl groups excluding tert-OH is 1. The smallest absolute Gasteiger partial charge is 0.303 e. The molecular weight excluding hydrogens is 545 g/mol. The molecule has 0 spiro atoms. The number of benzene rings is 2. The fourth-order valence-electron chi connectivity index (χ4n) is 4.47. The van der Waals surface area contributed by atoms with Crippen LogP contribution in [0.25, 0.3) is 0 Å². The molecule has 0 bridgehead atoms. The molecule has 3 aromatic rings. The summed E-state index contributed by atoms with van der Waals surface area (Å²) in [5.74, 6) is -1.15. The maximum atomic E-state index is 12.0. The van der Waals surface area contributed by atoms with E-state index in [0.29, 0.717) is 24.7 Å². The number of aliphatic hydroxyl groups is 1. The van der Waals surface area contributed by atoms with Crippen LogP contribution in [0.1, 0.15) is 60.8 Å². The van der Waals surface area contributed by atoms with Crippen molar-refractivity contribution in [2.24, 2.45) is 5.92 Å². The third-order valence-electron chi connectivity index (χ3n) is 6.77. The predicted molar refractivity (Wildman–Crippen MR) is 145 cm³/mol. The molecule has 2 aromatic carbocycles. The lowest BCUT2D eigenvalue weighted by atomic mass is 9.90. The Hall–Kier alpha value is -2.95. The number of carbonyl (C=O) groups is 2. The van der Waals surface area contributed by atoms with Crippen LogP contribution in [0.3, 0.4) is 0 Å². The molecule has 3 N–H and O–H groups in total. The van der Waals surface area contributed by atoms with Crippen molar-refractivity contribution in [1.29, 1.82) is 0 Å². The second-order valence-corrected chi connectivity index (χ2v) is 10.3. The van der Waals surface area contributed by atoms with Crippen molar-refractivity contribution in [1.82, 2.24) is 14.9 Å². The summed E-state index contributed by atoms with van der Waals surface area (Å²) in [5.41, 5.74) is 3.49. The SMILES string of the molecule is CC1C(Cn2cnc(Cl)c2Cl)OC(c2ccc(CNC(=O)CCCC(=O)O)cc2)OC1c1ccc(CO)cc1. The molecule has 1 aliphatic rings. The summed E-state index contributed by atoms with van der Waals surface area (Å²) in [4.78, 5) is 26.7. The number of amides is 1. The van der Waals surface area contributed by atoms with Gasteiger partial charge in [0.25, 0.3) is 0 Å². The molecular formula is C28H31Cl2N3O6. The first-order chi connectivity index (χ1) is 18.7. The molecule has 1 fully saturated rings. The zero-order valence-corrected chi connectivity index (χ0v) is 22.9. The summed E-state index contributed by atoms with van der Waals surface area (Å²) in [6.07, 6.45) is 0.794. The standard InChI is InChI=1S/C28H31Cl2N3O6/c1-17-22(14-33-16-32-26(29)27(33)30)38-28(39-25(17)20-9-7-19(15-34)8-10-20)21-11-5-18(6-12-21)13-31-23(35)3-2-4-24(36)37/h5-12,16-17,22,25,28,34H,2-4,13-15H2,1H3,(H,31,35)(H,36,37). The van der Waals surface area contributed by atoms with Gasteiger partial charge in [-0.2, -0.15) is 0 Å². The minimum absolute atomic E-state index is 0.0320. The highest BCUT2D eigenvalue weighted by Gasteiger charge is 2.38. The van der Waals surface area contributed by atoms with E-state index in [1.165, 1.54) is 0 Å². The van der Waals surface area contributed by atoms with Gasteiger partial charge >= 0.3 is 5.97 Å². The molecule has 4 atom stereocenters. The number of nitrogens with zero attached hydrogens (tertiary/aromatic N) is 2. The van der Waals surface area contributed by atoms with Crippen LogP contribution in [0, 0.1) is 5.92 Å². The van der Waals surface area contributed by atoms with Gasteiger partial charge in [-0.1, -0.05) is 78.7 Å². The third-order valence-corrected chi connectivity index (χ3v) is 7.54. The van der Waals surface area contributed by atoms with Crippen LogP contribution < -0.4 is 5.32 Å². The first-order valence-electron chi connectivity index (χ1n) is 12.7. The maximum Gasteiger partial charge on any atom is 0.303 e. The lowest BCUT2D eigenvalue weighted by Gasteiger charge is -2.41. The van der Waals surface area contributed by atoms with Crippen molar-refractivity contribution in [3.63, 3.8) is 0 Å². The number of nitrogens with one attached hydrogen (secondary N) is 1. The highest BCUT2D eigenvalue weighted by Crippen LogP contribution is 2.42. The number of ether oxygens (including phenoxy) is 2. The number of carboxylic acid groups (broad SMARTS) is 1. The van der Waals surface area contributed by atoms with E-state index in [1.54, 1.807) is 10.9 Å². The summed E-state index contributed by atoms with van der Waals surface area (Å²) < 4.78 is 14.6. The minimum Gasteiger partial charge on any atom is -0.481 e. The van der Waals surface area contributed by atoms with Crippen molar-refractivity contribution in [2.45, 2.75) is 64.4 Å². The van der Waals surface area contributed by atoms with Gasteiger partial charge in [0.15, 0.2) is 11.4 Å². The van der Waals surface area contributed by atoms with Crippen LogP contribution in [-0.2, 0) is 38.8 Å². The Morgan fingerprint density at radius 1 is 1.00 bits per heavy atom. The largest absolute Gasteiger partial charge is 0.481 e. The second kappa shape index (κ2) is 13.4. The number of carbonyl (C=O) groups excluding carboxylic acids is 1. The van der Waals surface area contributed by atoms with Crippen molar-refractivity contribution in [2.75, 3.05) is 0 Å². The van der Waals surface area contributed by atoms with Crippen LogP contribution in [0.2, 0.25) is 10.3 Å². The Kier molecular flexibility index (Phi) is 9.99. The van der Waals surface area contributed by atoms with E-state index in [2.05, 4.69) is 17.2 Å². The van der Waals surface area contributed by atoms with Gasteiger partial charge in [-0.05, 0) is 23.1 Å². The second-order valence-electron chi connectivity index (χ2n) is 9.57. The molecule has 208 valence electrons. The molecule has 0 radical (unpaired) electrons. The van der Waals surface area contributed by atoms with Crippen LogP contribution in [-0.4, -0.2) is 37.7 Å². The highest BCUT2D eigenvalue weighted by atomic mass is 35.5. The Morgan fingerprint density at radius 3 is 2.28 bits per heavy atom. The van der Waals surface area contributed by atoms with Crippen molar-refractivity contribution < 1.29 is 29.3 Å². The molecule has 1 aliphatic heterocycles. The molecule has 4 unspecified atom stereocenters. The minimum atomic E-state index is -0.913. The monoisotopic (exact) mass is 575 g/mol. The lowest BCUT2D eigenvalue weighted by molar-refractivity contribution is -0.276. The van der Waals surface area contributed by atoms with Gasteiger partial charge in [0, 0.05) is 30.9 Å². The number of carboxylic acids is 1. The van der Waals surface area contributed by atoms with Gasteiger partial charge in [0.05, 0.1) is 31.7 Å².